The van der Waals surface area contributed by atoms with Gasteiger partial charge in [-0.2, -0.15) is 0 Å². The Morgan fingerprint density at radius 1 is 0.640 bits per heavy atom. The first-order chi connectivity index (χ1) is 12.0. The third-order valence-corrected chi connectivity index (χ3v) is 6.09. The second-order valence-corrected chi connectivity index (χ2v) is 8.65. The summed E-state index contributed by atoms with van der Waals surface area (Å²) in [6.07, 6.45) is 11.9. The fraction of sp³-hybridized carbons (Fsp3) is 1.00. The highest BCUT2D eigenvalue weighted by atomic mass is 31.2. The van der Waals surface area contributed by atoms with Crippen LogP contribution in [-0.2, 0) is 18.1 Å². The first-order valence-electron chi connectivity index (χ1n) is 10.6. The number of rotatable bonds is 18. The van der Waals surface area contributed by atoms with E-state index >= 15 is 0 Å². The standard InChI is InChI=1S/C20H43O4P/c1-6-11-16-20(15-10-5,17-12-7-2)24-25(21,22-18-13-8-3)23-19-14-9-4/h6-19H2,1-5H3. The lowest BCUT2D eigenvalue weighted by Gasteiger charge is -2.36. The van der Waals surface area contributed by atoms with Crippen LogP contribution in [0.4, 0.5) is 0 Å². The van der Waals surface area contributed by atoms with E-state index in [-0.39, 0.29) is 5.60 Å². The zero-order chi connectivity index (χ0) is 19.0. The summed E-state index contributed by atoms with van der Waals surface area (Å²) in [7, 11) is -3.51. The Bertz CT molecular complexity index is 325. The minimum Gasteiger partial charge on any atom is -0.287 e. The Kier molecular flexibility index (Phi) is 15.3. The van der Waals surface area contributed by atoms with Crippen molar-refractivity contribution in [1.82, 2.24) is 0 Å². The van der Waals surface area contributed by atoms with E-state index < -0.39 is 7.82 Å². The smallest absolute Gasteiger partial charge is 0.287 e. The van der Waals surface area contributed by atoms with Gasteiger partial charge >= 0.3 is 7.82 Å². The van der Waals surface area contributed by atoms with E-state index in [0.717, 1.165) is 77.0 Å². The van der Waals surface area contributed by atoms with Crippen molar-refractivity contribution < 1.29 is 18.1 Å². The summed E-state index contributed by atoms with van der Waals surface area (Å²) >= 11 is 0. The van der Waals surface area contributed by atoms with E-state index in [1.807, 2.05) is 0 Å². The molecule has 0 fully saturated rings. The molecule has 0 bridgehead atoms. The summed E-state index contributed by atoms with van der Waals surface area (Å²) < 4.78 is 31.0. The van der Waals surface area contributed by atoms with E-state index in [0.29, 0.717) is 13.2 Å². The van der Waals surface area contributed by atoms with Crippen LogP contribution in [0.25, 0.3) is 0 Å². The third kappa shape index (κ3) is 11.4. The van der Waals surface area contributed by atoms with Gasteiger partial charge in [0.2, 0.25) is 0 Å². The van der Waals surface area contributed by atoms with Crippen molar-refractivity contribution in [3.05, 3.63) is 0 Å². The van der Waals surface area contributed by atoms with Gasteiger partial charge in [-0.05, 0) is 32.1 Å². The van der Waals surface area contributed by atoms with Gasteiger partial charge in [0.25, 0.3) is 0 Å². The van der Waals surface area contributed by atoms with Gasteiger partial charge in [-0.1, -0.05) is 79.6 Å². The monoisotopic (exact) mass is 378 g/mol. The zero-order valence-corrected chi connectivity index (χ0v) is 18.4. The predicted octanol–water partition coefficient (Wildman–Crippen LogP) is 7.66. The zero-order valence-electron chi connectivity index (χ0n) is 17.5. The molecular weight excluding hydrogens is 335 g/mol. The molecule has 0 saturated carbocycles. The van der Waals surface area contributed by atoms with E-state index in [1.165, 1.54) is 0 Å². The van der Waals surface area contributed by atoms with Crippen LogP contribution in [0.2, 0.25) is 0 Å². The fourth-order valence-corrected chi connectivity index (χ4v) is 4.57. The normalized spacial score (nSPS) is 12.7. The summed E-state index contributed by atoms with van der Waals surface area (Å²) in [6, 6.07) is 0. The number of hydrogen-bond acceptors (Lipinski definition) is 4. The number of hydrogen-bond donors (Lipinski definition) is 0. The highest BCUT2D eigenvalue weighted by Crippen LogP contribution is 2.55. The van der Waals surface area contributed by atoms with Crippen LogP contribution in [0, 0.1) is 0 Å². The molecule has 152 valence electrons. The predicted molar refractivity (Wildman–Crippen MR) is 107 cm³/mol. The topological polar surface area (TPSA) is 44.8 Å². The molecular formula is C20H43O4P. The average molecular weight is 379 g/mol. The Labute approximate surface area is 157 Å². The highest BCUT2D eigenvalue weighted by molar-refractivity contribution is 7.48. The van der Waals surface area contributed by atoms with Crippen molar-refractivity contribution in [2.75, 3.05) is 13.2 Å². The molecule has 0 aliphatic heterocycles. The molecule has 0 rings (SSSR count). The van der Waals surface area contributed by atoms with Crippen molar-refractivity contribution in [2.24, 2.45) is 0 Å². The first kappa shape index (κ1) is 25.1. The summed E-state index contributed by atoms with van der Waals surface area (Å²) in [5, 5.41) is 0. The average Bonchev–Trinajstić information content (AvgIpc) is 2.59. The summed E-state index contributed by atoms with van der Waals surface area (Å²) in [6.45, 7) is 11.6. The van der Waals surface area contributed by atoms with E-state index in [9.17, 15) is 4.57 Å². The van der Waals surface area contributed by atoms with Gasteiger partial charge in [0.15, 0.2) is 0 Å². The first-order valence-corrected chi connectivity index (χ1v) is 12.1. The van der Waals surface area contributed by atoms with Gasteiger partial charge in [-0.3, -0.25) is 13.6 Å². The fourth-order valence-electron chi connectivity index (χ4n) is 2.93. The van der Waals surface area contributed by atoms with Gasteiger partial charge < -0.3 is 0 Å². The largest absolute Gasteiger partial charge is 0.475 e. The maximum Gasteiger partial charge on any atom is 0.475 e. The second-order valence-electron chi connectivity index (χ2n) is 7.05. The van der Waals surface area contributed by atoms with Crippen molar-refractivity contribution in [3.8, 4) is 0 Å². The van der Waals surface area contributed by atoms with Crippen molar-refractivity contribution in [2.45, 2.75) is 117 Å². The molecule has 5 heteroatoms. The van der Waals surface area contributed by atoms with Gasteiger partial charge in [-0.25, -0.2) is 4.57 Å². The van der Waals surface area contributed by atoms with Gasteiger partial charge in [0, 0.05) is 0 Å². The van der Waals surface area contributed by atoms with Crippen LogP contribution in [0.3, 0.4) is 0 Å². The number of phosphoric acid groups is 1. The second kappa shape index (κ2) is 15.2. The number of phosphoric ester groups is 1. The van der Waals surface area contributed by atoms with Crippen molar-refractivity contribution in [1.29, 1.82) is 0 Å². The van der Waals surface area contributed by atoms with Crippen LogP contribution < -0.4 is 0 Å². The molecule has 0 aliphatic rings. The van der Waals surface area contributed by atoms with Gasteiger partial charge in [0.05, 0.1) is 18.8 Å². The molecule has 0 unspecified atom stereocenters. The van der Waals surface area contributed by atoms with Crippen LogP contribution in [-0.4, -0.2) is 18.8 Å². The van der Waals surface area contributed by atoms with Crippen molar-refractivity contribution in [3.63, 3.8) is 0 Å². The molecule has 0 aromatic carbocycles. The van der Waals surface area contributed by atoms with E-state index in [4.69, 9.17) is 13.6 Å². The maximum absolute atomic E-state index is 13.3. The quantitative estimate of drug-likeness (QED) is 0.181. The minimum absolute atomic E-state index is 0.380. The van der Waals surface area contributed by atoms with E-state index in [2.05, 4.69) is 34.6 Å². The summed E-state index contributed by atoms with van der Waals surface area (Å²) in [5.41, 5.74) is -0.380. The Hall–Kier alpha value is 0.110. The molecule has 0 amide bonds. The van der Waals surface area contributed by atoms with Gasteiger partial charge in [0.1, 0.15) is 0 Å². The summed E-state index contributed by atoms with van der Waals surface area (Å²) in [4.78, 5) is 0. The molecule has 0 aromatic heterocycles. The lowest BCUT2D eigenvalue weighted by atomic mass is 9.87. The molecule has 0 radical (unpaired) electrons. The molecule has 0 N–H and O–H groups in total. The Morgan fingerprint density at radius 2 is 1.08 bits per heavy atom. The molecule has 25 heavy (non-hydrogen) atoms. The van der Waals surface area contributed by atoms with Gasteiger partial charge in [-0.15, -0.1) is 0 Å². The van der Waals surface area contributed by atoms with Crippen LogP contribution in [0.15, 0.2) is 0 Å². The van der Waals surface area contributed by atoms with Crippen LogP contribution >= 0.6 is 7.82 Å². The molecule has 0 atom stereocenters. The van der Waals surface area contributed by atoms with Crippen molar-refractivity contribution >= 4 is 7.82 Å². The van der Waals surface area contributed by atoms with Crippen LogP contribution in [0.1, 0.15) is 112 Å². The minimum atomic E-state index is -3.51. The highest BCUT2D eigenvalue weighted by Gasteiger charge is 2.40. The number of unbranched alkanes of at least 4 members (excludes halogenated alkanes) is 4. The van der Waals surface area contributed by atoms with Crippen LogP contribution in [0.5, 0.6) is 0 Å². The molecule has 4 nitrogen and oxygen atoms in total. The summed E-state index contributed by atoms with van der Waals surface area (Å²) in [5.74, 6) is 0. The molecule has 0 aliphatic carbocycles. The molecule has 0 spiro atoms. The maximum atomic E-state index is 13.3. The SMILES string of the molecule is CCCCOP(=O)(OCCCC)OC(CCC)(CCCC)CCCC. The molecule has 0 aromatic rings. The lowest BCUT2D eigenvalue weighted by molar-refractivity contribution is -0.0127. The Morgan fingerprint density at radius 3 is 1.44 bits per heavy atom. The Balaban J connectivity index is 5.23. The molecule has 0 heterocycles. The lowest BCUT2D eigenvalue weighted by Crippen LogP contribution is -2.32. The van der Waals surface area contributed by atoms with E-state index in [1.54, 1.807) is 0 Å². The third-order valence-electron chi connectivity index (χ3n) is 4.48. The molecule has 0 saturated heterocycles.